The van der Waals surface area contributed by atoms with E-state index in [1.807, 2.05) is 23.9 Å². The third-order valence-corrected chi connectivity index (χ3v) is 5.05. The van der Waals surface area contributed by atoms with Gasteiger partial charge in [0.05, 0.1) is 31.0 Å². The number of rotatable bonds is 7. The number of carbonyl (C=O) groups is 1. The maximum absolute atomic E-state index is 11.4. The van der Waals surface area contributed by atoms with E-state index >= 15 is 0 Å². The number of benzene rings is 1. The number of nitrogens with zero attached hydrogens (tertiary/aromatic N) is 5. The lowest BCUT2D eigenvalue weighted by Crippen LogP contribution is -2.33. The van der Waals surface area contributed by atoms with Gasteiger partial charge in [-0.2, -0.15) is 10.2 Å². The van der Waals surface area contributed by atoms with Gasteiger partial charge >= 0.3 is 0 Å². The van der Waals surface area contributed by atoms with Crippen molar-refractivity contribution in [2.75, 3.05) is 6.54 Å². The molecule has 4 rings (SSSR count). The topological polar surface area (TPSA) is 68.0 Å². The Morgan fingerprint density at radius 2 is 1.93 bits per heavy atom. The smallest absolute Gasteiger partial charge is 0.220 e. The van der Waals surface area contributed by atoms with Gasteiger partial charge in [-0.3, -0.25) is 19.1 Å². The van der Waals surface area contributed by atoms with Crippen LogP contribution in [0.4, 0.5) is 0 Å². The van der Waals surface area contributed by atoms with Crippen LogP contribution in [-0.4, -0.2) is 36.9 Å². The van der Waals surface area contributed by atoms with Crippen LogP contribution in [0.1, 0.15) is 35.9 Å². The monoisotopic (exact) mass is 378 g/mol. The Morgan fingerprint density at radius 3 is 2.64 bits per heavy atom. The first-order valence-corrected chi connectivity index (χ1v) is 9.79. The van der Waals surface area contributed by atoms with E-state index in [9.17, 15) is 4.79 Å². The zero-order valence-electron chi connectivity index (χ0n) is 16.2. The summed E-state index contributed by atoms with van der Waals surface area (Å²) in [6.45, 7) is 6.82. The Bertz CT molecular complexity index is 913. The largest absolute Gasteiger partial charge is 0.350 e. The van der Waals surface area contributed by atoms with Gasteiger partial charge in [-0.05, 0) is 23.3 Å². The lowest BCUT2D eigenvalue weighted by atomic mass is 10.1. The summed E-state index contributed by atoms with van der Waals surface area (Å²) in [5.41, 5.74) is 4.71. The van der Waals surface area contributed by atoms with Gasteiger partial charge in [-0.1, -0.05) is 31.2 Å². The molecule has 7 nitrogen and oxygen atoms in total. The van der Waals surface area contributed by atoms with Crippen LogP contribution in [0.3, 0.4) is 0 Å². The number of hydrogen-bond acceptors (Lipinski definition) is 4. The minimum Gasteiger partial charge on any atom is -0.350 e. The molecule has 1 amide bonds. The Hall–Kier alpha value is -2.93. The summed E-state index contributed by atoms with van der Waals surface area (Å²) in [4.78, 5) is 13.9. The Morgan fingerprint density at radius 1 is 1.14 bits per heavy atom. The van der Waals surface area contributed by atoms with Gasteiger partial charge in [0, 0.05) is 38.4 Å². The molecule has 0 bridgehead atoms. The van der Waals surface area contributed by atoms with Crippen LogP contribution in [0, 0.1) is 0 Å². The predicted molar refractivity (Wildman–Crippen MR) is 106 cm³/mol. The molecule has 0 aliphatic carbocycles. The summed E-state index contributed by atoms with van der Waals surface area (Å²) in [6.07, 6.45) is 4.29. The predicted octanol–water partition coefficient (Wildman–Crippen LogP) is 2.17. The average Bonchev–Trinajstić information content (AvgIpc) is 3.36. The number of fused-ring (bicyclic) bond motifs is 1. The van der Waals surface area contributed by atoms with Crippen molar-refractivity contribution < 1.29 is 4.79 Å². The Balaban J connectivity index is 1.33. The molecular weight excluding hydrogens is 352 g/mol. The third kappa shape index (κ3) is 4.48. The van der Waals surface area contributed by atoms with E-state index in [1.54, 1.807) is 6.20 Å². The second-order valence-electron chi connectivity index (χ2n) is 7.21. The number of carbonyl (C=O) groups excluding carboxylic acids is 1. The van der Waals surface area contributed by atoms with Crippen molar-refractivity contribution >= 4 is 5.91 Å². The van der Waals surface area contributed by atoms with Crippen molar-refractivity contribution in [1.29, 1.82) is 0 Å². The molecule has 3 aromatic rings. The second-order valence-corrected chi connectivity index (χ2v) is 7.21. The van der Waals surface area contributed by atoms with Crippen LogP contribution >= 0.6 is 0 Å². The maximum Gasteiger partial charge on any atom is 0.220 e. The van der Waals surface area contributed by atoms with Gasteiger partial charge in [0.15, 0.2) is 0 Å². The molecule has 0 saturated heterocycles. The molecule has 1 aliphatic heterocycles. The van der Waals surface area contributed by atoms with Crippen molar-refractivity contribution in [2.45, 2.75) is 46.1 Å². The van der Waals surface area contributed by atoms with Gasteiger partial charge in [0.1, 0.15) is 0 Å². The highest BCUT2D eigenvalue weighted by molar-refractivity contribution is 5.75. The van der Waals surface area contributed by atoms with Gasteiger partial charge < -0.3 is 5.32 Å². The fraction of sp³-hybridized carbons (Fsp3) is 0.381. The molecule has 3 heterocycles. The van der Waals surface area contributed by atoms with E-state index in [1.165, 1.54) is 16.8 Å². The van der Waals surface area contributed by atoms with Gasteiger partial charge in [-0.15, -0.1) is 0 Å². The fourth-order valence-corrected chi connectivity index (χ4v) is 3.50. The summed E-state index contributed by atoms with van der Waals surface area (Å²) in [6, 6.07) is 12.8. The van der Waals surface area contributed by atoms with Gasteiger partial charge in [-0.25, -0.2) is 0 Å². The van der Waals surface area contributed by atoms with Gasteiger partial charge in [0.2, 0.25) is 5.91 Å². The zero-order valence-corrected chi connectivity index (χ0v) is 16.2. The summed E-state index contributed by atoms with van der Waals surface area (Å²) in [7, 11) is 0. The van der Waals surface area contributed by atoms with Crippen LogP contribution in [0.15, 0.2) is 48.8 Å². The molecule has 0 spiro atoms. The molecule has 28 heavy (non-hydrogen) atoms. The molecule has 0 radical (unpaired) electrons. The van der Waals surface area contributed by atoms with E-state index in [4.69, 9.17) is 0 Å². The molecule has 1 aromatic carbocycles. The van der Waals surface area contributed by atoms with Crippen molar-refractivity contribution in [3.8, 4) is 0 Å². The van der Waals surface area contributed by atoms with E-state index < -0.39 is 0 Å². The third-order valence-electron chi connectivity index (χ3n) is 5.05. The molecule has 1 aliphatic rings. The van der Waals surface area contributed by atoms with Gasteiger partial charge in [0.25, 0.3) is 0 Å². The standard InChI is InChI=1S/C21H26N6O/c1-2-21(28)22-13-19-12-20-16-25(10-11-27(20)24-19)14-17-4-6-18(7-5-17)15-26-9-3-8-23-26/h3-9,12H,2,10-11,13-16H2,1H3,(H,22,28). The van der Waals surface area contributed by atoms with Crippen LogP contribution in [0.2, 0.25) is 0 Å². The lowest BCUT2D eigenvalue weighted by molar-refractivity contribution is -0.120. The van der Waals surface area contributed by atoms with E-state index in [2.05, 4.69) is 55.4 Å². The normalized spacial score (nSPS) is 14.0. The highest BCUT2D eigenvalue weighted by Crippen LogP contribution is 2.17. The first kappa shape index (κ1) is 18.4. The molecule has 0 atom stereocenters. The van der Waals surface area contributed by atoms with Crippen molar-refractivity contribution in [1.82, 2.24) is 29.8 Å². The highest BCUT2D eigenvalue weighted by Gasteiger charge is 2.18. The van der Waals surface area contributed by atoms with Crippen LogP contribution in [0.25, 0.3) is 0 Å². The van der Waals surface area contributed by atoms with Crippen molar-refractivity contribution in [3.63, 3.8) is 0 Å². The SMILES string of the molecule is CCC(=O)NCc1cc2n(n1)CCN(Cc1ccc(Cn3cccn3)cc1)C2. The number of aromatic nitrogens is 4. The molecule has 0 fully saturated rings. The van der Waals surface area contributed by atoms with E-state index in [-0.39, 0.29) is 5.91 Å². The van der Waals surface area contributed by atoms with Crippen molar-refractivity contribution in [3.05, 3.63) is 71.3 Å². The molecule has 0 saturated carbocycles. The van der Waals surface area contributed by atoms with Crippen molar-refractivity contribution in [2.24, 2.45) is 0 Å². The number of amides is 1. The average molecular weight is 378 g/mol. The molecule has 146 valence electrons. The highest BCUT2D eigenvalue weighted by atomic mass is 16.1. The fourth-order valence-electron chi connectivity index (χ4n) is 3.50. The number of nitrogens with one attached hydrogen (secondary N) is 1. The van der Waals surface area contributed by atoms with Crippen LogP contribution in [0.5, 0.6) is 0 Å². The first-order chi connectivity index (χ1) is 13.7. The number of hydrogen-bond donors (Lipinski definition) is 1. The van der Waals surface area contributed by atoms with Crippen LogP contribution in [-0.2, 0) is 37.5 Å². The van der Waals surface area contributed by atoms with E-state index in [0.29, 0.717) is 13.0 Å². The molecule has 0 unspecified atom stereocenters. The zero-order chi connectivity index (χ0) is 19.3. The Labute approximate surface area is 165 Å². The summed E-state index contributed by atoms with van der Waals surface area (Å²) in [5, 5.41) is 11.8. The van der Waals surface area contributed by atoms with E-state index in [0.717, 1.165) is 38.4 Å². The molecule has 2 aromatic heterocycles. The minimum absolute atomic E-state index is 0.0589. The Kier molecular flexibility index (Phi) is 5.53. The molecule has 7 heteroatoms. The second kappa shape index (κ2) is 8.39. The summed E-state index contributed by atoms with van der Waals surface area (Å²) in [5.74, 6) is 0.0589. The quantitative estimate of drug-likeness (QED) is 0.684. The molecular formula is C21H26N6O. The van der Waals surface area contributed by atoms with Crippen LogP contribution < -0.4 is 5.32 Å². The maximum atomic E-state index is 11.4. The summed E-state index contributed by atoms with van der Waals surface area (Å²) < 4.78 is 4.00. The summed E-state index contributed by atoms with van der Waals surface area (Å²) >= 11 is 0. The minimum atomic E-state index is 0.0589. The molecule has 1 N–H and O–H groups in total. The lowest BCUT2D eigenvalue weighted by Gasteiger charge is -2.27. The first-order valence-electron chi connectivity index (χ1n) is 9.79.